The molecule has 0 saturated heterocycles. The number of nitriles is 1. The van der Waals surface area contributed by atoms with E-state index in [0.717, 1.165) is 23.5 Å². The number of rotatable bonds is 6. The van der Waals surface area contributed by atoms with Crippen LogP contribution in [0, 0.1) is 28.4 Å². The van der Waals surface area contributed by atoms with Gasteiger partial charge in [-0.15, -0.1) is 10.2 Å². The number of nitrogens with zero attached hydrogens (tertiary/aromatic N) is 4. The summed E-state index contributed by atoms with van der Waals surface area (Å²) in [7, 11) is 0. The van der Waals surface area contributed by atoms with Gasteiger partial charge in [-0.1, -0.05) is 27.3 Å². The Morgan fingerprint density at radius 2 is 2.11 bits per heavy atom. The monoisotopic (exact) mass is 461 g/mol. The zero-order chi connectivity index (χ0) is 20.2. The Balaban J connectivity index is 2.45. The SMILES string of the molecule is Cc1c(N=Nc2ccc([N+](=O)[O-])cc2C(F)(F)F)sc(NCCBr)c1C#N. The molecule has 0 aliphatic rings. The fraction of sp³-hybridized carbons (Fsp3) is 0.267. The van der Waals surface area contributed by atoms with Gasteiger partial charge in [0.05, 0.1) is 21.7 Å². The van der Waals surface area contributed by atoms with Crippen molar-refractivity contribution < 1.29 is 18.1 Å². The van der Waals surface area contributed by atoms with Gasteiger partial charge in [0.2, 0.25) is 0 Å². The van der Waals surface area contributed by atoms with Gasteiger partial charge >= 0.3 is 6.18 Å². The quantitative estimate of drug-likeness (QED) is 0.243. The third-order valence-electron chi connectivity index (χ3n) is 3.36. The number of benzene rings is 1. The highest BCUT2D eigenvalue weighted by atomic mass is 79.9. The highest BCUT2D eigenvalue weighted by Gasteiger charge is 2.35. The lowest BCUT2D eigenvalue weighted by Crippen LogP contribution is -2.06. The highest BCUT2D eigenvalue weighted by molar-refractivity contribution is 9.09. The Bertz CT molecular complexity index is 937. The highest BCUT2D eigenvalue weighted by Crippen LogP contribution is 2.42. The van der Waals surface area contributed by atoms with E-state index in [0.29, 0.717) is 34.1 Å². The fourth-order valence-electron chi connectivity index (χ4n) is 2.07. The summed E-state index contributed by atoms with van der Waals surface area (Å²) in [4.78, 5) is 9.80. The van der Waals surface area contributed by atoms with Gasteiger partial charge in [0, 0.05) is 29.6 Å². The van der Waals surface area contributed by atoms with Crippen molar-refractivity contribution in [3.05, 3.63) is 45.0 Å². The van der Waals surface area contributed by atoms with Crippen LogP contribution in [0.25, 0.3) is 0 Å². The van der Waals surface area contributed by atoms with Crippen LogP contribution < -0.4 is 5.32 Å². The van der Waals surface area contributed by atoms with E-state index in [1.807, 2.05) is 6.07 Å². The number of nitrogens with one attached hydrogen (secondary N) is 1. The first-order valence-corrected chi connectivity index (χ1v) is 9.23. The normalized spacial score (nSPS) is 11.6. The van der Waals surface area contributed by atoms with Crippen LogP contribution in [-0.4, -0.2) is 16.8 Å². The summed E-state index contributed by atoms with van der Waals surface area (Å²) in [5.41, 5.74) is -1.67. The lowest BCUT2D eigenvalue weighted by Gasteiger charge is -2.08. The Morgan fingerprint density at radius 3 is 2.67 bits per heavy atom. The molecule has 0 radical (unpaired) electrons. The Kier molecular flexibility index (Phi) is 6.50. The number of hydrogen-bond donors (Lipinski definition) is 1. The van der Waals surface area contributed by atoms with Crippen molar-refractivity contribution in [3.63, 3.8) is 0 Å². The van der Waals surface area contributed by atoms with E-state index < -0.39 is 28.0 Å². The predicted octanol–water partition coefficient (Wildman–Crippen LogP) is 6.08. The summed E-state index contributed by atoms with van der Waals surface area (Å²) < 4.78 is 39.5. The molecule has 0 atom stereocenters. The lowest BCUT2D eigenvalue weighted by atomic mass is 10.1. The molecule has 1 aromatic carbocycles. The second-order valence-electron chi connectivity index (χ2n) is 5.12. The van der Waals surface area contributed by atoms with Crippen molar-refractivity contribution >= 4 is 48.6 Å². The molecule has 0 bridgehead atoms. The Labute approximate surface area is 163 Å². The van der Waals surface area contributed by atoms with Crippen molar-refractivity contribution in [3.8, 4) is 6.07 Å². The minimum atomic E-state index is -4.83. The van der Waals surface area contributed by atoms with E-state index in [1.165, 1.54) is 0 Å². The van der Waals surface area contributed by atoms with E-state index >= 15 is 0 Å². The smallest absolute Gasteiger partial charge is 0.375 e. The van der Waals surface area contributed by atoms with E-state index in [1.54, 1.807) is 6.92 Å². The summed E-state index contributed by atoms with van der Waals surface area (Å²) in [6.07, 6.45) is -4.83. The molecule has 1 heterocycles. The maximum Gasteiger partial charge on any atom is 0.418 e. The molecule has 12 heteroatoms. The van der Waals surface area contributed by atoms with E-state index in [4.69, 9.17) is 0 Å². The first kappa shape index (κ1) is 20.8. The zero-order valence-electron chi connectivity index (χ0n) is 13.7. The van der Waals surface area contributed by atoms with Crippen molar-refractivity contribution in [2.45, 2.75) is 13.1 Å². The van der Waals surface area contributed by atoms with Gasteiger partial charge in [-0.2, -0.15) is 18.4 Å². The molecule has 0 aliphatic carbocycles. The van der Waals surface area contributed by atoms with Crippen LogP contribution in [0.3, 0.4) is 0 Å². The van der Waals surface area contributed by atoms with Crippen LogP contribution in [0.15, 0.2) is 28.4 Å². The second-order valence-corrected chi connectivity index (χ2v) is 6.91. The zero-order valence-corrected chi connectivity index (χ0v) is 16.1. The Hall–Kier alpha value is -2.52. The third-order valence-corrected chi connectivity index (χ3v) is 4.89. The number of nitro benzene ring substituents is 1. The topological polar surface area (TPSA) is 104 Å². The molecule has 27 heavy (non-hydrogen) atoms. The van der Waals surface area contributed by atoms with Crippen LogP contribution in [0.1, 0.15) is 16.7 Å². The third kappa shape index (κ3) is 4.81. The number of thiophene rings is 1. The molecular formula is C15H11BrF3N5O2S. The van der Waals surface area contributed by atoms with Gasteiger partial charge in [0.25, 0.3) is 5.69 Å². The number of alkyl halides is 4. The molecule has 2 aromatic rings. The summed E-state index contributed by atoms with van der Waals surface area (Å²) in [5.74, 6) is 0. The molecule has 2 rings (SSSR count). The molecule has 0 amide bonds. The molecule has 0 aliphatic heterocycles. The standard InChI is InChI=1S/C15H11BrF3N5O2S/c1-8-10(7-20)14(21-5-4-16)27-13(8)23-22-12-3-2-9(24(25)26)6-11(12)15(17,18)19/h2-3,6,21H,4-5H2,1H3. The van der Waals surface area contributed by atoms with Crippen LogP contribution >= 0.6 is 27.3 Å². The average Bonchev–Trinajstić information content (AvgIpc) is 2.91. The van der Waals surface area contributed by atoms with Crippen molar-refractivity contribution in [2.24, 2.45) is 10.2 Å². The van der Waals surface area contributed by atoms with E-state index in [-0.39, 0.29) is 5.00 Å². The van der Waals surface area contributed by atoms with Crippen LogP contribution in [0.5, 0.6) is 0 Å². The summed E-state index contributed by atoms with van der Waals surface area (Å²) in [6.45, 7) is 2.16. The van der Waals surface area contributed by atoms with Gasteiger partial charge in [-0.3, -0.25) is 10.1 Å². The molecule has 7 nitrogen and oxygen atoms in total. The van der Waals surface area contributed by atoms with Gasteiger partial charge in [0.1, 0.15) is 16.1 Å². The van der Waals surface area contributed by atoms with Crippen LogP contribution in [0.4, 0.5) is 34.5 Å². The molecule has 0 fully saturated rings. The largest absolute Gasteiger partial charge is 0.418 e. The number of halogens is 4. The molecule has 1 N–H and O–H groups in total. The first-order valence-electron chi connectivity index (χ1n) is 7.29. The summed E-state index contributed by atoms with van der Waals surface area (Å²) in [5, 5.41) is 31.9. The minimum Gasteiger partial charge on any atom is -0.375 e. The summed E-state index contributed by atoms with van der Waals surface area (Å²) >= 11 is 4.33. The average molecular weight is 462 g/mol. The molecular weight excluding hydrogens is 451 g/mol. The maximum atomic E-state index is 13.2. The molecule has 0 unspecified atom stereocenters. The van der Waals surface area contributed by atoms with Gasteiger partial charge in [-0.25, -0.2) is 0 Å². The van der Waals surface area contributed by atoms with E-state index in [9.17, 15) is 28.5 Å². The fourth-order valence-corrected chi connectivity index (χ4v) is 3.27. The van der Waals surface area contributed by atoms with Gasteiger partial charge < -0.3 is 5.32 Å². The lowest BCUT2D eigenvalue weighted by molar-refractivity contribution is -0.385. The van der Waals surface area contributed by atoms with Crippen LogP contribution in [-0.2, 0) is 6.18 Å². The van der Waals surface area contributed by atoms with Crippen molar-refractivity contribution in [2.75, 3.05) is 17.2 Å². The maximum absolute atomic E-state index is 13.2. The predicted molar refractivity (Wildman–Crippen MR) is 98.3 cm³/mol. The number of azo groups is 1. The second kappa shape index (κ2) is 8.45. The number of nitro groups is 1. The Morgan fingerprint density at radius 1 is 1.41 bits per heavy atom. The van der Waals surface area contributed by atoms with Crippen molar-refractivity contribution in [1.29, 1.82) is 5.26 Å². The summed E-state index contributed by atoms with van der Waals surface area (Å²) in [6, 6.07) is 4.26. The van der Waals surface area contributed by atoms with Gasteiger partial charge in [-0.05, 0) is 13.0 Å². The first-order chi connectivity index (χ1) is 12.7. The number of non-ortho nitro benzene ring substituents is 1. The van der Waals surface area contributed by atoms with Crippen LogP contribution in [0.2, 0.25) is 0 Å². The number of hydrogen-bond acceptors (Lipinski definition) is 7. The van der Waals surface area contributed by atoms with Crippen molar-refractivity contribution in [1.82, 2.24) is 0 Å². The minimum absolute atomic E-state index is 0.273. The van der Waals surface area contributed by atoms with Gasteiger partial charge in [0.15, 0.2) is 0 Å². The molecule has 0 saturated carbocycles. The molecule has 142 valence electrons. The van der Waals surface area contributed by atoms with E-state index in [2.05, 4.69) is 31.5 Å². The molecule has 0 spiro atoms. The molecule has 1 aromatic heterocycles. The number of anilines is 1.